The van der Waals surface area contributed by atoms with Crippen molar-refractivity contribution in [2.75, 3.05) is 6.54 Å². The molecule has 2 unspecified atom stereocenters. The van der Waals surface area contributed by atoms with Crippen molar-refractivity contribution in [2.45, 2.75) is 38.1 Å². The first-order valence-corrected chi connectivity index (χ1v) is 5.68. The third kappa shape index (κ3) is 1.67. The van der Waals surface area contributed by atoms with E-state index in [1.54, 1.807) is 12.1 Å². The van der Waals surface area contributed by atoms with Crippen LogP contribution in [0.3, 0.4) is 0 Å². The lowest BCUT2D eigenvalue weighted by Gasteiger charge is -2.32. The lowest BCUT2D eigenvalue weighted by molar-refractivity contribution is 0.374. The third-order valence-electron chi connectivity index (χ3n) is 3.90. The van der Waals surface area contributed by atoms with Gasteiger partial charge in [0.05, 0.1) is 0 Å². The number of hydrogen-bond acceptors (Lipinski definition) is 1. The Labute approximate surface area is 90.7 Å². The highest BCUT2D eigenvalue weighted by Crippen LogP contribution is 2.38. The molecular formula is C13H18FN. The van der Waals surface area contributed by atoms with E-state index in [-0.39, 0.29) is 11.2 Å². The van der Waals surface area contributed by atoms with Crippen LogP contribution in [0.25, 0.3) is 0 Å². The summed E-state index contributed by atoms with van der Waals surface area (Å²) in [5.74, 6) is -0.149. The van der Waals surface area contributed by atoms with E-state index in [4.69, 9.17) is 0 Å². The van der Waals surface area contributed by atoms with E-state index in [1.165, 1.54) is 5.56 Å². The van der Waals surface area contributed by atoms with Gasteiger partial charge in [-0.05, 0) is 44.0 Å². The van der Waals surface area contributed by atoms with Crippen LogP contribution < -0.4 is 5.32 Å². The Morgan fingerprint density at radius 1 is 1.40 bits per heavy atom. The Balaban J connectivity index is 2.37. The fraction of sp³-hybridized carbons (Fsp3) is 0.538. The summed E-state index contributed by atoms with van der Waals surface area (Å²) >= 11 is 0. The molecule has 1 fully saturated rings. The van der Waals surface area contributed by atoms with Crippen LogP contribution in [0.1, 0.15) is 32.3 Å². The Kier molecular flexibility index (Phi) is 2.79. The number of nitrogens with one attached hydrogen (secondary N) is 1. The van der Waals surface area contributed by atoms with E-state index in [0.29, 0.717) is 6.04 Å². The number of benzene rings is 1. The average molecular weight is 207 g/mol. The highest BCUT2D eigenvalue weighted by Gasteiger charge is 2.39. The van der Waals surface area contributed by atoms with Gasteiger partial charge in [0.2, 0.25) is 0 Å². The maximum Gasteiger partial charge on any atom is 0.123 e. The van der Waals surface area contributed by atoms with Gasteiger partial charge in [-0.2, -0.15) is 0 Å². The summed E-state index contributed by atoms with van der Waals surface area (Å²) in [5, 5.41) is 3.48. The minimum absolute atomic E-state index is 0.149. The van der Waals surface area contributed by atoms with Crippen LogP contribution in [0.4, 0.5) is 4.39 Å². The van der Waals surface area contributed by atoms with Crippen molar-refractivity contribution in [3.05, 3.63) is 35.6 Å². The van der Waals surface area contributed by atoms with Gasteiger partial charge in [0.25, 0.3) is 0 Å². The van der Waals surface area contributed by atoms with Gasteiger partial charge in [0, 0.05) is 11.5 Å². The van der Waals surface area contributed by atoms with Crippen LogP contribution in [-0.4, -0.2) is 12.6 Å². The largest absolute Gasteiger partial charge is 0.313 e. The quantitative estimate of drug-likeness (QED) is 0.786. The van der Waals surface area contributed by atoms with Gasteiger partial charge in [0.1, 0.15) is 5.82 Å². The normalized spacial score (nSPS) is 30.7. The molecule has 0 radical (unpaired) electrons. The van der Waals surface area contributed by atoms with Crippen molar-refractivity contribution in [1.82, 2.24) is 5.32 Å². The van der Waals surface area contributed by atoms with Crippen LogP contribution in [0.15, 0.2) is 24.3 Å². The maximum absolute atomic E-state index is 12.9. The van der Waals surface area contributed by atoms with Crippen molar-refractivity contribution < 1.29 is 4.39 Å². The summed E-state index contributed by atoms with van der Waals surface area (Å²) in [6, 6.07) is 7.48. The molecule has 1 N–H and O–H groups in total. The molecule has 2 heteroatoms. The van der Waals surface area contributed by atoms with Crippen LogP contribution in [-0.2, 0) is 5.41 Å². The lowest BCUT2D eigenvalue weighted by Crippen LogP contribution is -2.37. The minimum atomic E-state index is -0.149. The van der Waals surface area contributed by atoms with Gasteiger partial charge in [-0.25, -0.2) is 4.39 Å². The first kappa shape index (κ1) is 10.6. The number of rotatable bonds is 2. The molecule has 0 aromatic heterocycles. The first-order valence-electron chi connectivity index (χ1n) is 5.68. The average Bonchev–Trinajstić information content (AvgIpc) is 2.62. The molecule has 1 aliphatic heterocycles. The summed E-state index contributed by atoms with van der Waals surface area (Å²) in [4.78, 5) is 0. The fourth-order valence-corrected chi connectivity index (χ4v) is 2.79. The van der Waals surface area contributed by atoms with Crippen molar-refractivity contribution in [2.24, 2.45) is 0 Å². The molecule has 0 amide bonds. The molecule has 1 saturated heterocycles. The molecule has 15 heavy (non-hydrogen) atoms. The van der Waals surface area contributed by atoms with Gasteiger partial charge in [-0.3, -0.25) is 0 Å². The minimum Gasteiger partial charge on any atom is -0.313 e. The molecule has 0 saturated carbocycles. The summed E-state index contributed by atoms with van der Waals surface area (Å²) in [6.45, 7) is 5.50. The second kappa shape index (κ2) is 3.93. The topological polar surface area (TPSA) is 12.0 Å². The molecule has 1 aliphatic rings. The molecule has 2 rings (SSSR count). The summed E-state index contributed by atoms with van der Waals surface area (Å²) in [7, 11) is 0. The highest BCUT2D eigenvalue weighted by molar-refractivity contribution is 5.29. The zero-order valence-electron chi connectivity index (χ0n) is 9.39. The van der Waals surface area contributed by atoms with Crippen LogP contribution >= 0.6 is 0 Å². The molecule has 1 aromatic rings. The first-order chi connectivity index (χ1) is 7.19. The predicted molar refractivity (Wildman–Crippen MR) is 60.5 cm³/mol. The Morgan fingerprint density at radius 2 is 2.07 bits per heavy atom. The monoisotopic (exact) mass is 207 g/mol. The fourth-order valence-electron chi connectivity index (χ4n) is 2.79. The van der Waals surface area contributed by atoms with Gasteiger partial charge in [0.15, 0.2) is 0 Å². The summed E-state index contributed by atoms with van der Waals surface area (Å²) in [6.07, 6.45) is 2.25. The van der Waals surface area contributed by atoms with E-state index in [9.17, 15) is 4.39 Å². The van der Waals surface area contributed by atoms with Gasteiger partial charge >= 0.3 is 0 Å². The van der Waals surface area contributed by atoms with Gasteiger partial charge < -0.3 is 5.32 Å². The molecule has 1 nitrogen and oxygen atoms in total. The maximum atomic E-state index is 12.9. The molecule has 0 spiro atoms. The van der Waals surface area contributed by atoms with Gasteiger partial charge in [-0.1, -0.05) is 19.1 Å². The van der Waals surface area contributed by atoms with E-state index >= 15 is 0 Å². The molecule has 1 aromatic carbocycles. The van der Waals surface area contributed by atoms with E-state index in [1.807, 2.05) is 12.1 Å². The van der Waals surface area contributed by atoms with E-state index < -0.39 is 0 Å². The van der Waals surface area contributed by atoms with Crippen molar-refractivity contribution >= 4 is 0 Å². The molecule has 0 aliphatic carbocycles. The third-order valence-corrected chi connectivity index (χ3v) is 3.90. The van der Waals surface area contributed by atoms with E-state index in [2.05, 4.69) is 19.2 Å². The zero-order chi connectivity index (χ0) is 10.9. The van der Waals surface area contributed by atoms with Crippen LogP contribution in [0, 0.1) is 5.82 Å². The van der Waals surface area contributed by atoms with Crippen molar-refractivity contribution in [3.8, 4) is 0 Å². The Hall–Kier alpha value is -0.890. The Morgan fingerprint density at radius 3 is 2.53 bits per heavy atom. The molecule has 82 valence electrons. The van der Waals surface area contributed by atoms with Crippen LogP contribution in [0.2, 0.25) is 0 Å². The van der Waals surface area contributed by atoms with Crippen LogP contribution in [0.5, 0.6) is 0 Å². The standard InChI is InChI=1S/C13H18FN/c1-3-13(8-9-15-10(13)2)11-4-6-12(14)7-5-11/h4-7,10,15H,3,8-9H2,1-2H3. The highest BCUT2D eigenvalue weighted by atomic mass is 19.1. The van der Waals surface area contributed by atoms with Crippen molar-refractivity contribution in [1.29, 1.82) is 0 Å². The number of hydrogen-bond donors (Lipinski definition) is 1. The molecular weight excluding hydrogens is 189 g/mol. The SMILES string of the molecule is CCC1(c2ccc(F)cc2)CCNC1C. The summed E-state index contributed by atoms with van der Waals surface area (Å²) < 4.78 is 12.9. The molecule has 0 bridgehead atoms. The Bertz CT molecular complexity index is 333. The predicted octanol–water partition coefficient (Wildman–Crippen LogP) is 2.86. The molecule has 2 atom stereocenters. The zero-order valence-corrected chi connectivity index (χ0v) is 9.39. The number of halogens is 1. The van der Waals surface area contributed by atoms with E-state index in [0.717, 1.165) is 19.4 Å². The van der Waals surface area contributed by atoms with Crippen molar-refractivity contribution in [3.63, 3.8) is 0 Å². The second-order valence-electron chi connectivity index (χ2n) is 4.44. The lowest BCUT2D eigenvalue weighted by atomic mass is 9.73. The summed E-state index contributed by atoms with van der Waals surface area (Å²) in [5.41, 5.74) is 1.47. The van der Waals surface area contributed by atoms with Gasteiger partial charge in [-0.15, -0.1) is 0 Å². The second-order valence-corrected chi connectivity index (χ2v) is 4.44. The molecule has 1 heterocycles. The smallest absolute Gasteiger partial charge is 0.123 e.